The Balaban J connectivity index is 0. The lowest BCUT2D eigenvalue weighted by Crippen LogP contribution is -2.03. The van der Waals surface area contributed by atoms with Gasteiger partial charge in [-0.2, -0.15) is 0 Å². The highest BCUT2D eigenvalue weighted by Crippen LogP contribution is 1.84. The number of carbonyl (C=O) groups is 2. The van der Waals surface area contributed by atoms with Gasteiger partial charge in [0.15, 0.2) is 0 Å². The van der Waals surface area contributed by atoms with Crippen molar-refractivity contribution in [1.82, 2.24) is 0 Å². The van der Waals surface area contributed by atoms with Crippen LogP contribution < -0.4 is 0 Å². The molecule has 0 bridgehead atoms. The first-order valence-corrected chi connectivity index (χ1v) is 5.13. The van der Waals surface area contributed by atoms with Crippen molar-refractivity contribution >= 4 is 11.9 Å². The Kier molecular flexibility index (Phi) is 13.6. The average Bonchev–Trinajstić information content (AvgIpc) is 2.17. The van der Waals surface area contributed by atoms with E-state index in [4.69, 9.17) is 0 Å². The second kappa shape index (κ2) is 12.7. The largest absolute Gasteiger partial charge is 0.463 e. The van der Waals surface area contributed by atoms with E-state index in [0.29, 0.717) is 13.2 Å². The van der Waals surface area contributed by atoms with E-state index < -0.39 is 11.9 Å². The molecule has 0 amide bonds. The highest BCUT2D eigenvalue weighted by molar-refractivity contribution is 5.91. The SMILES string of the molecule is CCC.CCOC(=O)/C=C/C(=O)OCC. The molecule has 0 atom stereocenters. The van der Waals surface area contributed by atoms with Gasteiger partial charge in [-0.25, -0.2) is 9.59 Å². The van der Waals surface area contributed by atoms with Crippen LogP contribution in [0.25, 0.3) is 0 Å². The van der Waals surface area contributed by atoms with Crippen LogP contribution in [0, 0.1) is 0 Å². The van der Waals surface area contributed by atoms with E-state index in [1.807, 2.05) is 0 Å². The molecule has 4 heteroatoms. The number of ether oxygens (including phenoxy) is 2. The van der Waals surface area contributed by atoms with Gasteiger partial charge in [0.1, 0.15) is 0 Å². The fourth-order valence-electron chi connectivity index (χ4n) is 0.517. The van der Waals surface area contributed by atoms with Crippen molar-refractivity contribution in [2.75, 3.05) is 13.2 Å². The highest BCUT2D eigenvalue weighted by atomic mass is 16.5. The zero-order chi connectivity index (χ0) is 12.1. The molecule has 0 radical (unpaired) electrons. The molecule has 0 aromatic rings. The van der Waals surface area contributed by atoms with Gasteiger partial charge in [-0.05, 0) is 13.8 Å². The van der Waals surface area contributed by atoms with Gasteiger partial charge in [0.25, 0.3) is 0 Å². The fraction of sp³-hybridized carbons (Fsp3) is 0.636. The van der Waals surface area contributed by atoms with Crippen LogP contribution in [0.3, 0.4) is 0 Å². The van der Waals surface area contributed by atoms with Crippen LogP contribution in [0.15, 0.2) is 12.2 Å². The summed E-state index contributed by atoms with van der Waals surface area (Å²) in [5.74, 6) is -1.07. The summed E-state index contributed by atoms with van der Waals surface area (Å²) < 4.78 is 9.07. The monoisotopic (exact) mass is 216 g/mol. The Morgan fingerprint density at radius 2 is 1.13 bits per heavy atom. The second-order valence-corrected chi connectivity index (χ2v) is 2.54. The second-order valence-electron chi connectivity index (χ2n) is 2.54. The van der Waals surface area contributed by atoms with E-state index in [2.05, 4.69) is 23.3 Å². The first-order chi connectivity index (χ1) is 7.12. The fourth-order valence-corrected chi connectivity index (χ4v) is 0.517. The van der Waals surface area contributed by atoms with E-state index in [-0.39, 0.29) is 0 Å². The molecule has 0 aliphatic rings. The summed E-state index contributed by atoms with van der Waals surface area (Å²) in [5, 5.41) is 0. The van der Waals surface area contributed by atoms with Crippen LogP contribution in [0.4, 0.5) is 0 Å². The first kappa shape index (κ1) is 16.1. The minimum atomic E-state index is -0.537. The summed E-state index contributed by atoms with van der Waals surface area (Å²) in [7, 11) is 0. The van der Waals surface area contributed by atoms with Crippen molar-refractivity contribution in [1.29, 1.82) is 0 Å². The molecule has 0 aromatic carbocycles. The van der Waals surface area contributed by atoms with Crippen LogP contribution in [0.1, 0.15) is 34.1 Å². The van der Waals surface area contributed by atoms with Gasteiger partial charge in [0.05, 0.1) is 13.2 Å². The van der Waals surface area contributed by atoms with Crippen LogP contribution in [-0.2, 0) is 19.1 Å². The lowest BCUT2D eigenvalue weighted by atomic mass is 10.5. The normalized spacial score (nSPS) is 9.07. The summed E-state index contributed by atoms with van der Waals surface area (Å²) in [6, 6.07) is 0. The Morgan fingerprint density at radius 1 is 0.867 bits per heavy atom. The lowest BCUT2D eigenvalue weighted by Gasteiger charge is -1.95. The Labute approximate surface area is 91.3 Å². The molecular formula is C11H20O4. The summed E-state index contributed by atoms with van der Waals surface area (Å²) in [5.41, 5.74) is 0. The standard InChI is InChI=1S/C8H12O4.C3H8/c1-3-11-7(9)5-6-8(10)12-4-2;1-3-2/h5-6H,3-4H2,1-2H3;3H2,1-2H3/b6-5+;. The smallest absolute Gasteiger partial charge is 0.330 e. The number of hydrogen-bond donors (Lipinski definition) is 0. The average molecular weight is 216 g/mol. The molecule has 15 heavy (non-hydrogen) atoms. The summed E-state index contributed by atoms with van der Waals surface area (Å²) >= 11 is 0. The maximum absolute atomic E-state index is 10.6. The molecule has 88 valence electrons. The number of esters is 2. The van der Waals surface area contributed by atoms with Crippen molar-refractivity contribution in [2.45, 2.75) is 34.1 Å². The summed E-state index contributed by atoms with van der Waals surface area (Å²) in [6.45, 7) is 8.23. The minimum Gasteiger partial charge on any atom is -0.463 e. The topological polar surface area (TPSA) is 52.6 Å². The van der Waals surface area contributed by atoms with Crippen molar-refractivity contribution in [3.8, 4) is 0 Å². The van der Waals surface area contributed by atoms with Gasteiger partial charge in [-0.3, -0.25) is 0 Å². The van der Waals surface area contributed by atoms with Gasteiger partial charge in [0, 0.05) is 12.2 Å². The Bertz CT molecular complexity index is 177. The van der Waals surface area contributed by atoms with E-state index in [0.717, 1.165) is 12.2 Å². The van der Waals surface area contributed by atoms with Gasteiger partial charge in [-0.15, -0.1) is 0 Å². The quantitative estimate of drug-likeness (QED) is 0.533. The van der Waals surface area contributed by atoms with E-state index in [1.165, 1.54) is 6.42 Å². The molecule has 0 rings (SSSR count). The molecule has 4 nitrogen and oxygen atoms in total. The molecule has 0 fully saturated rings. The molecule has 0 unspecified atom stereocenters. The third-order valence-electron chi connectivity index (χ3n) is 0.929. The van der Waals surface area contributed by atoms with E-state index in [1.54, 1.807) is 13.8 Å². The predicted octanol–water partition coefficient (Wildman–Crippen LogP) is 2.09. The molecule has 0 aromatic heterocycles. The minimum absolute atomic E-state index is 0.298. The van der Waals surface area contributed by atoms with Gasteiger partial charge < -0.3 is 9.47 Å². The van der Waals surface area contributed by atoms with E-state index >= 15 is 0 Å². The zero-order valence-corrected chi connectivity index (χ0v) is 9.91. The van der Waals surface area contributed by atoms with Crippen molar-refractivity contribution < 1.29 is 19.1 Å². The maximum atomic E-state index is 10.6. The van der Waals surface area contributed by atoms with Gasteiger partial charge in [-0.1, -0.05) is 20.3 Å². The molecule has 0 saturated carbocycles. The van der Waals surface area contributed by atoms with Crippen LogP contribution in [0.5, 0.6) is 0 Å². The van der Waals surface area contributed by atoms with E-state index in [9.17, 15) is 9.59 Å². The third kappa shape index (κ3) is 15.4. The predicted molar refractivity (Wildman–Crippen MR) is 58.4 cm³/mol. The Hall–Kier alpha value is -1.32. The summed E-state index contributed by atoms with van der Waals surface area (Å²) in [6.07, 6.45) is 3.34. The van der Waals surface area contributed by atoms with Crippen molar-refractivity contribution in [3.63, 3.8) is 0 Å². The molecular weight excluding hydrogens is 196 g/mol. The lowest BCUT2D eigenvalue weighted by molar-refractivity contribution is -0.140. The molecule has 0 N–H and O–H groups in total. The molecule has 0 aliphatic carbocycles. The molecule has 0 saturated heterocycles. The number of carbonyl (C=O) groups excluding carboxylic acids is 2. The van der Waals surface area contributed by atoms with Crippen LogP contribution in [0.2, 0.25) is 0 Å². The van der Waals surface area contributed by atoms with Crippen LogP contribution in [-0.4, -0.2) is 25.2 Å². The summed E-state index contributed by atoms with van der Waals surface area (Å²) in [4.78, 5) is 21.3. The highest BCUT2D eigenvalue weighted by Gasteiger charge is 1.97. The Morgan fingerprint density at radius 3 is 1.33 bits per heavy atom. The number of rotatable bonds is 4. The van der Waals surface area contributed by atoms with Gasteiger partial charge >= 0.3 is 11.9 Å². The number of hydrogen-bond acceptors (Lipinski definition) is 4. The zero-order valence-electron chi connectivity index (χ0n) is 9.91. The van der Waals surface area contributed by atoms with Crippen molar-refractivity contribution in [2.24, 2.45) is 0 Å². The maximum Gasteiger partial charge on any atom is 0.330 e. The van der Waals surface area contributed by atoms with Gasteiger partial charge in [0.2, 0.25) is 0 Å². The van der Waals surface area contributed by atoms with Crippen LogP contribution >= 0.6 is 0 Å². The van der Waals surface area contributed by atoms with Crippen molar-refractivity contribution in [3.05, 3.63) is 12.2 Å². The molecule has 0 aliphatic heterocycles. The third-order valence-corrected chi connectivity index (χ3v) is 0.929. The molecule has 0 spiro atoms. The molecule has 0 heterocycles. The first-order valence-electron chi connectivity index (χ1n) is 5.13.